The fourth-order valence-corrected chi connectivity index (χ4v) is 6.50. The number of esters is 1. The SMILES string of the molecule is CC(C)[C@H]1COC(=O)[C@@H](NC(=O)OCC2c3ccccc3-c3ccccc32)CCC=CC[C@H](CC(=O)N[C@H](CO)Cc2ccccc2)C(=O)N1. The quantitative estimate of drug-likeness (QED) is 0.173. The van der Waals surface area contributed by atoms with E-state index in [1.807, 2.05) is 92.7 Å². The Labute approximate surface area is 293 Å². The molecule has 0 bridgehead atoms. The maximum Gasteiger partial charge on any atom is 0.407 e. The summed E-state index contributed by atoms with van der Waals surface area (Å²) in [4.78, 5) is 52.8. The van der Waals surface area contributed by atoms with Crippen LogP contribution in [0.1, 0.15) is 62.1 Å². The van der Waals surface area contributed by atoms with Gasteiger partial charge in [0.1, 0.15) is 19.3 Å². The van der Waals surface area contributed by atoms with Crippen molar-refractivity contribution in [3.05, 3.63) is 108 Å². The van der Waals surface area contributed by atoms with Crippen LogP contribution in [-0.4, -0.2) is 66.9 Å². The van der Waals surface area contributed by atoms with E-state index in [1.54, 1.807) is 0 Å². The van der Waals surface area contributed by atoms with E-state index in [0.29, 0.717) is 19.3 Å². The number of rotatable bonds is 10. The largest absolute Gasteiger partial charge is 0.462 e. The first-order chi connectivity index (χ1) is 24.2. The minimum atomic E-state index is -0.957. The van der Waals surface area contributed by atoms with Gasteiger partial charge in [0.15, 0.2) is 0 Å². The zero-order valence-corrected chi connectivity index (χ0v) is 28.7. The Hall–Kier alpha value is -4.96. The highest BCUT2D eigenvalue weighted by molar-refractivity contribution is 5.86. The lowest BCUT2D eigenvalue weighted by Gasteiger charge is -2.26. The van der Waals surface area contributed by atoms with Crippen molar-refractivity contribution in [1.29, 1.82) is 0 Å². The van der Waals surface area contributed by atoms with E-state index in [2.05, 4.69) is 28.1 Å². The molecule has 0 fully saturated rings. The lowest BCUT2D eigenvalue weighted by Crippen LogP contribution is -2.48. The third kappa shape index (κ3) is 9.59. The molecule has 0 saturated carbocycles. The third-order valence-electron chi connectivity index (χ3n) is 9.38. The van der Waals surface area contributed by atoms with Crippen molar-refractivity contribution in [3.63, 3.8) is 0 Å². The predicted molar refractivity (Wildman–Crippen MR) is 190 cm³/mol. The van der Waals surface area contributed by atoms with Crippen LogP contribution in [0.2, 0.25) is 0 Å². The van der Waals surface area contributed by atoms with Crippen molar-refractivity contribution >= 4 is 23.9 Å². The molecule has 3 aromatic rings. The summed E-state index contributed by atoms with van der Waals surface area (Å²) < 4.78 is 11.3. The Bertz CT molecular complexity index is 1610. The van der Waals surface area contributed by atoms with Crippen molar-refractivity contribution in [2.45, 2.75) is 70.0 Å². The number of aliphatic hydroxyl groups excluding tert-OH is 1. The first-order valence-corrected chi connectivity index (χ1v) is 17.4. The van der Waals surface area contributed by atoms with E-state index in [-0.39, 0.29) is 56.3 Å². The van der Waals surface area contributed by atoms with Gasteiger partial charge in [-0.2, -0.15) is 0 Å². The van der Waals surface area contributed by atoms with Gasteiger partial charge in [0.2, 0.25) is 11.8 Å². The van der Waals surface area contributed by atoms with Crippen molar-refractivity contribution in [3.8, 4) is 11.1 Å². The average Bonchev–Trinajstić information content (AvgIpc) is 3.44. The number of hydrogen-bond donors (Lipinski definition) is 4. The Kier molecular flexibility index (Phi) is 12.8. The van der Waals surface area contributed by atoms with E-state index >= 15 is 0 Å². The second-order valence-corrected chi connectivity index (χ2v) is 13.3. The standard InChI is InChI=1S/C40H47N3O7/c1-26(2)36-25-49-39(47)35(43-40(48)50-24-34-32-18-11-9-16-30(32)31-17-10-12-19-33(31)34)20-8-4-7-15-28(38(46)42-36)22-37(45)41-29(23-44)21-27-13-5-3-6-14-27/h3-7,9-14,16-19,26,28-29,34-36,44H,8,15,20-25H2,1-2H3,(H,41,45)(H,42,46)(H,43,48)/t28-,29+,35+,36-/m1/s1. The number of fused-ring (bicyclic) bond motifs is 3. The molecular weight excluding hydrogens is 634 g/mol. The summed E-state index contributed by atoms with van der Waals surface area (Å²) in [7, 11) is 0. The van der Waals surface area contributed by atoms with Gasteiger partial charge in [-0.15, -0.1) is 0 Å². The van der Waals surface area contributed by atoms with E-state index in [4.69, 9.17) is 9.47 Å². The highest BCUT2D eigenvalue weighted by Crippen LogP contribution is 2.44. The molecule has 0 spiro atoms. The number of nitrogens with one attached hydrogen (secondary N) is 3. The number of allylic oxidation sites excluding steroid dienone is 2. The van der Waals surface area contributed by atoms with Crippen molar-refractivity contribution in [1.82, 2.24) is 16.0 Å². The van der Waals surface area contributed by atoms with Crippen LogP contribution in [0.5, 0.6) is 0 Å². The molecular formula is C40H47N3O7. The Morgan fingerprint density at radius 2 is 1.60 bits per heavy atom. The first-order valence-electron chi connectivity index (χ1n) is 17.4. The molecule has 10 heteroatoms. The molecule has 264 valence electrons. The van der Waals surface area contributed by atoms with Crippen LogP contribution < -0.4 is 16.0 Å². The topological polar surface area (TPSA) is 143 Å². The average molecular weight is 682 g/mol. The van der Waals surface area contributed by atoms with Crippen LogP contribution in [0.3, 0.4) is 0 Å². The van der Waals surface area contributed by atoms with Gasteiger partial charge in [-0.05, 0) is 59.4 Å². The van der Waals surface area contributed by atoms with Crippen LogP contribution >= 0.6 is 0 Å². The molecule has 10 nitrogen and oxygen atoms in total. The van der Waals surface area contributed by atoms with Gasteiger partial charge in [-0.25, -0.2) is 9.59 Å². The maximum absolute atomic E-state index is 13.5. The molecule has 1 aliphatic heterocycles. The van der Waals surface area contributed by atoms with Crippen molar-refractivity contribution < 1.29 is 33.8 Å². The zero-order valence-electron chi connectivity index (χ0n) is 28.7. The summed E-state index contributed by atoms with van der Waals surface area (Å²) in [6, 6.07) is 23.7. The minimum Gasteiger partial charge on any atom is -0.462 e. The van der Waals surface area contributed by atoms with Gasteiger partial charge < -0.3 is 30.5 Å². The normalized spacial score (nSPS) is 20.2. The summed E-state index contributed by atoms with van der Waals surface area (Å²) >= 11 is 0. The molecule has 0 aromatic heterocycles. The third-order valence-corrected chi connectivity index (χ3v) is 9.38. The number of ether oxygens (including phenoxy) is 2. The molecule has 50 heavy (non-hydrogen) atoms. The van der Waals surface area contributed by atoms with E-state index < -0.39 is 36.1 Å². The van der Waals surface area contributed by atoms with Gasteiger partial charge in [-0.3, -0.25) is 9.59 Å². The number of amides is 3. The lowest BCUT2D eigenvalue weighted by atomic mass is 9.96. The fourth-order valence-electron chi connectivity index (χ4n) is 6.50. The van der Waals surface area contributed by atoms with Gasteiger partial charge in [-0.1, -0.05) is 105 Å². The molecule has 0 radical (unpaired) electrons. The van der Waals surface area contributed by atoms with Crippen LogP contribution in [0.25, 0.3) is 11.1 Å². The van der Waals surface area contributed by atoms with E-state index in [9.17, 15) is 24.3 Å². The van der Waals surface area contributed by atoms with E-state index in [0.717, 1.165) is 27.8 Å². The number of aliphatic hydroxyl groups is 1. The molecule has 5 rings (SSSR count). The Morgan fingerprint density at radius 3 is 2.26 bits per heavy atom. The second-order valence-electron chi connectivity index (χ2n) is 13.3. The molecule has 0 unspecified atom stereocenters. The molecule has 4 atom stereocenters. The molecule has 4 N–H and O–H groups in total. The number of hydrogen-bond acceptors (Lipinski definition) is 7. The maximum atomic E-state index is 13.5. The predicted octanol–water partition coefficient (Wildman–Crippen LogP) is 5.04. The van der Waals surface area contributed by atoms with Gasteiger partial charge in [0, 0.05) is 12.3 Å². The number of benzene rings is 3. The van der Waals surface area contributed by atoms with Gasteiger partial charge in [0.25, 0.3) is 0 Å². The summed E-state index contributed by atoms with van der Waals surface area (Å²) in [5.74, 6) is -2.15. The Balaban J connectivity index is 1.20. The molecule has 3 aromatic carbocycles. The van der Waals surface area contributed by atoms with Crippen LogP contribution in [0.15, 0.2) is 91.0 Å². The van der Waals surface area contributed by atoms with Gasteiger partial charge >= 0.3 is 12.1 Å². The van der Waals surface area contributed by atoms with Gasteiger partial charge in [0.05, 0.1) is 24.6 Å². The number of alkyl carbamates (subject to hydrolysis) is 1. The first kappa shape index (κ1) is 36.3. The zero-order chi connectivity index (χ0) is 35.5. The summed E-state index contributed by atoms with van der Waals surface area (Å²) in [5, 5.41) is 18.4. The monoisotopic (exact) mass is 681 g/mol. The summed E-state index contributed by atoms with van der Waals surface area (Å²) in [5.41, 5.74) is 5.40. The number of cyclic esters (lactones) is 1. The second kappa shape index (κ2) is 17.6. The Morgan fingerprint density at radius 1 is 0.940 bits per heavy atom. The number of carbonyl (C=O) groups excluding carboxylic acids is 4. The number of carbonyl (C=O) groups is 4. The van der Waals surface area contributed by atoms with Crippen LogP contribution in [0, 0.1) is 11.8 Å². The molecule has 3 amide bonds. The smallest absolute Gasteiger partial charge is 0.407 e. The minimum absolute atomic E-state index is 0.0714. The highest BCUT2D eigenvalue weighted by atomic mass is 16.6. The van der Waals surface area contributed by atoms with Crippen LogP contribution in [-0.2, 0) is 30.3 Å². The molecule has 1 heterocycles. The van der Waals surface area contributed by atoms with Crippen LogP contribution in [0.4, 0.5) is 4.79 Å². The lowest BCUT2D eigenvalue weighted by molar-refractivity contribution is -0.148. The van der Waals surface area contributed by atoms with Crippen molar-refractivity contribution in [2.75, 3.05) is 19.8 Å². The summed E-state index contributed by atoms with van der Waals surface area (Å²) in [6.07, 6.45) is 4.31. The molecule has 1 aliphatic carbocycles. The summed E-state index contributed by atoms with van der Waals surface area (Å²) in [6.45, 7) is 3.59. The van der Waals surface area contributed by atoms with E-state index in [1.165, 1.54) is 0 Å². The molecule has 2 aliphatic rings. The molecule has 0 saturated heterocycles. The van der Waals surface area contributed by atoms with Crippen molar-refractivity contribution in [2.24, 2.45) is 11.8 Å². The fraction of sp³-hybridized carbons (Fsp3) is 0.400. The highest BCUT2D eigenvalue weighted by Gasteiger charge is 2.31.